The van der Waals surface area contributed by atoms with Crippen molar-refractivity contribution in [2.24, 2.45) is 0 Å². The van der Waals surface area contributed by atoms with Crippen LogP contribution >= 0.6 is 11.6 Å². The molecule has 1 N–H and O–H groups in total. The minimum Gasteiger partial charge on any atom is -0.332 e. The van der Waals surface area contributed by atoms with E-state index in [2.05, 4.69) is 34.6 Å². The van der Waals surface area contributed by atoms with Gasteiger partial charge in [-0.05, 0) is 36.8 Å². The third-order valence-corrected chi connectivity index (χ3v) is 4.12. The number of nitrogens with one attached hydrogen (secondary N) is 1. The fourth-order valence-corrected chi connectivity index (χ4v) is 2.72. The first-order valence-electron chi connectivity index (χ1n) is 7.96. The molecule has 25 heavy (non-hydrogen) atoms. The molecule has 4 nitrogen and oxygen atoms in total. The highest BCUT2D eigenvalue weighted by molar-refractivity contribution is 6.30. The highest BCUT2D eigenvalue weighted by Gasteiger charge is 2.09. The third-order valence-electron chi connectivity index (χ3n) is 3.86. The lowest BCUT2D eigenvalue weighted by Crippen LogP contribution is -2.07. The van der Waals surface area contributed by atoms with Crippen molar-refractivity contribution in [2.45, 2.75) is 13.5 Å². The monoisotopic (exact) mass is 351 g/mol. The second kappa shape index (κ2) is 7.36. The molecule has 0 aliphatic rings. The number of hydrogen-bond acceptors (Lipinski definition) is 2. The molecule has 2 aromatic heterocycles. The zero-order valence-electron chi connectivity index (χ0n) is 13.9. The van der Waals surface area contributed by atoms with Gasteiger partial charge in [-0.3, -0.25) is 4.79 Å². The van der Waals surface area contributed by atoms with Gasteiger partial charge < -0.3 is 9.88 Å². The molecule has 0 atom stereocenters. The highest BCUT2D eigenvalue weighted by Crippen LogP contribution is 2.25. The molecular weight excluding hydrogens is 334 g/mol. The average molecular weight is 352 g/mol. The van der Waals surface area contributed by atoms with Crippen LogP contribution in [0.25, 0.3) is 23.2 Å². The maximum absolute atomic E-state index is 11.5. The lowest BCUT2D eigenvalue weighted by Gasteiger charge is -2.03. The number of hydrogen-bond donors (Lipinski definition) is 1. The summed E-state index contributed by atoms with van der Waals surface area (Å²) >= 11 is 5.92. The van der Waals surface area contributed by atoms with Gasteiger partial charge >= 0.3 is 0 Å². The Hall–Kier alpha value is -2.85. The van der Waals surface area contributed by atoms with E-state index in [-0.39, 0.29) is 5.91 Å². The predicted octanol–water partition coefficient (Wildman–Crippen LogP) is 5.00. The standard InChI is InChI=1S/C20H18ClN3O/c1-3-19(25)23-17-11-18-15(13-24(4-2)20(18)22-12-17)8-5-14-6-9-16(21)10-7-14/h3,5-13H,1,4H2,2H3,(H,23,25). The number of aryl methyl sites for hydroxylation is 1. The number of amides is 1. The van der Waals surface area contributed by atoms with Crippen LogP contribution in [-0.2, 0) is 11.3 Å². The molecule has 0 unspecified atom stereocenters. The van der Waals surface area contributed by atoms with Crippen molar-refractivity contribution in [2.75, 3.05) is 5.32 Å². The molecule has 0 saturated carbocycles. The van der Waals surface area contributed by atoms with E-state index in [1.54, 1.807) is 6.20 Å². The average Bonchev–Trinajstić information content (AvgIpc) is 2.98. The molecular formula is C20H18ClN3O. The number of anilines is 1. The summed E-state index contributed by atoms with van der Waals surface area (Å²) in [6.45, 7) is 6.35. The molecule has 0 aliphatic carbocycles. The second-order valence-electron chi connectivity index (χ2n) is 5.54. The number of nitrogens with zero attached hydrogens (tertiary/aromatic N) is 2. The molecule has 0 bridgehead atoms. The van der Waals surface area contributed by atoms with Crippen molar-refractivity contribution < 1.29 is 4.79 Å². The summed E-state index contributed by atoms with van der Waals surface area (Å²) in [5.74, 6) is -0.255. The quantitative estimate of drug-likeness (QED) is 0.657. The number of rotatable bonds is 5. The van der Waals surface area contributed by atoms with Gasteiger partial charge in [0.25, 0.3) is 0 Å². The summed E-state index contributed by atoms with van der Waals surface area (Å²) < 4.78 is 2.08. The summed E-state index contributed by atoms with van der Waals surface area (Å²) in [4.78, 5) is 16.0. The molecule has 0 fully saturated rings. The first-order valence-corrected chi connectivity index (χ1v) is 8.34. The summed E-state index contributed by atoms with van der Waals surface area (Å²) in [5.41, 5.74) is 3.63. The van der Waals surface area contributed by atoms with Gasteiger partial charge in [-0.25, -0.2) is 4.98 Å². The Morgan fingerprint density at radius 2 is 2.08 bits per heavy atom. The van der Waals surface area contributed by atoms with Crippen molar-refractivity contribution >= 4 is 46.4 Å². The van der Waals surface area contributed by atoms with Crippen LogP contribution < -0.4 is 5.32 Å². The van der Waals surface area contributed by atoms with Gasteiger partial charge in [-0.1, -0.05) is 42.5 Å². The van der Waals surface area contributed by atoms with Crippen LogP contribution in [0.15, 0.2) is 55.4 Å². The van der Waals surface area contributed by atoms with E-state index in [0.717, 1.165) is 28.7 Å². The number of halogens is 1. The molecule has 2 heterocycles. The SMILES string of the molecule is C=CC(=O)Nc1cnc2c(c1)c(C=Cc1ccc(Cl)cc1)cn2CC. The van der Waals surface area contributed by atoms with Gasteiger partial charge in [-0.15, -0.1) is 0 Å². The van der Waals surface area contributed by atoms with Crippen molar-refractivity contribution in [3.05, 3.63) is 71.5 Å². The molecule has 3 rings (SSSR count). The van der Waals surface area contributed by atoms with Gasteiger partial charge in [0.1, 0.15) is 5.65 Å². The number of carbonyl (C=O) groups excluding carboxylic acids is 1. The van der Waals surface area contributed by atoms with Gasteiger partial charge in [0, 0.05) is 28.7 Å². The van der Waals surface area contributed by atoms with Crippen LogP contribution in [0.5, 0.6) is 0 Å². The molecule has 1 aromatic carbocycles. The number of fused-ring (bicyclic) bond motifs is 1. The van der Waals surface area contributed by atoms with Gasteiger partial charge in [0.05, 0.1) is 11.9 Å². The van der Waals surface area contributed by atoms with Crippen molar-refractivity contribution in [1.82, 2.24) is 9.55 Å². The molecule has 3 aromatic rings. The predicted molar refractivity (Wildman–Crippen MR) is 105 cm³/mol. The van der Waals surface area contributed by atoms with Gasteiger partial charge in [-0.2, -0.15) is 0 Å². The third kappa shape index (κ3) is 3.80. The highest BCUT2D eigenvalue weighted by atomic mass is 35.5. The zero-order chi connectivity index (χ0) is 17.8. The molecule has 1 amide bonds. The Labute approximate surface area is 151 Å². The maximum Gasteiger partial charge on any atom is 0.247 e. The van der Waals surface area contributed by atoms with Crippen molar-refractivity contribution in [3.63, 3.8) is 0 Å². The van der Waals surface area contributed by atoms with Crippen molar-refractivity contribution in [1.29, 1.82) is 0 Å². The van der Waals surface area contributed by atoms with E-state index in [1.165, 1.54) is 6.08 Å². The topological polar surface area (TPSA) is 46.9 Å². The number of carbonyl (C=O) groups is 1. The molecule has 0 spiro atoms. The zero-order valence-corrected chi connectivity index (χ0v) is 14.6. The van der Waals surface area contributed by atoms with Crippen LogP contribution in [0, 0.1) is 0 Å². The second-order valence-corrected chi connectivity index (χ2v) is 5.98. The fourth-order valence-electron chi connectivity index (χ4n) is 2.59. The van der Waals surface area contributed by atoms with Crippen LogP contribution in [0.1, 0.15) is 18.1 Å². The summed E-state index contributed by atoms with van der Waals surface area (Å²) in [7, 11) is 0. The Balaban J connectivity index is 2.00. The van der Waals surface area contributed by atoms with E-state index >= 15 is 0 Å². The lowest BCUT2D eigenvalue weighted by molar-refractivity contribution is -0.111. The van der Waals surface area contributed by atoms with E-state index < -0.39 is 0 Å². The minimum atomic E-state index is -0.255. The van der Waals surface area contributed by atoms with Crippen LogP contribution in [-0.4, -0.2) is 15.5 Å². The van der Waals surface area contributed by atoms with Crippen LogP contribution in [0.4, 0.5) is 5.69 Å². The van der Waals surface area contributed by atoms with Gasteiger partial charge in [0.15, 0.2) is 0 Å². The maximum atomic E-state index is 11.5. The first kappa shape index (κ1) is 17.0. The van der Waals surface area contributed by atoms with E-state index in [0.29, 0.717) is 10.7 Å². The van der Waals surface area contributed by atoms with E-state index in [9.17, 15) is 4.79 Å². The Morgan fingerprint density at radius 1 is 1.32 bits per heavy atom. The van der Waals surface area contributed by atoms with E-state index in [1.807, 2.05) is 42.5 Å². The lowest BCUT2D eigenvalue weighted by atomic mass is 10.1. The largest absolute Gasteiger partial charge is 0.332 e. The first-order chi connectivity index (χ1) is 12.1. The summed E-state index contributed by atoms with van der Waals surface area (Å²) in [5, 5.41) is 4.45. The molecule has 0 aliphatic heterocycles. The van der Waals surface area contributed by atoms with Crippen molar-refractivity contribution in [3.8, 4) is 0 Å². The molecule has 0 radical (unpaired) electrons. The van der Waals surface area contributed by atoms with E-state index in [4.69, 9.17) is 11.6 Å². The van der Waals surface area contributed by atoms with Crippen LogP contribution in [0.3, 0.4) is 0 Å². The Kier molecular flexibility index (Phi) is 5.00. The molecule has 5 heteroatoms. The molecule has 126 valence electrons. The molecule has 0 saturated heterocycles. The van der Waals surface area contributed by atoms with Gasteiger partial charge in [0.2, 0.25) is 5.91 Å². The summed E-state index contributed by atoms with van der Waals surface area (Å²) in [6.07, 6.45) is 9.02. The fraction of sp³-hybridized carbons (Fsp3) is 0.100. The Morgan fingerprint density at radius 3 is 2.76 bits per heavy atom. The minimum absolute atomic E-state index is 0.255. The smallest absolute Gasteiger partial charge is 0.247 e. The Bertz CT molecular complexity index is 955. The number of pyridine rings is 1. The number of benzene rings is 1. The normalized spacial score (nSPS) is 11.1. The number of aromatic nitrogens is 2. The summed E-state index contributed by atoms with van der Waals surface area (Å²) in [6, 6.07) is 9.58. The van der Waals surface area contributed by atoms with Crippen LogP contribution in [0.2, 0.25) is 5.02 Å².